The normalized spacial score (nSPS) is 13.5. The molecular weight excluding hydrogens is 276 g/mol. The molecule has 0 unspecified atom stereocenters. The highest BCUT2D eigenvalue weighted by Gasteiger charge is 2.23. The third-order valence-electron chi connectivity index (χ3n) is 4.61. The Balaban J connectivity index is 2.09. The first-order chi connectivity index (χ1) is 10.7. The average Bonchev–Trinajstić information content (AvgIpc) is 2.75. The molecule has 1 aliphatic heterocycles. The van der Waals surface area contributed by atoms with Gasteiger partial charge in [-0.2, -0.15) is 0 Å². The molecule has 0 bridgehead atoms. The lowest BCUT2D eigenvalue weighted by Crippen LogP contribution is -1.99. The number of nitro groups is 1. The van der Waals surface area contributed by atoms with Crippen LogP contribution in [0.5, 0.6) is 0 Å². The van der Waals surface area contributed by atoms with Gasteiger partial charge in [0, 0.05) is 40.3 Å². The molecule has 3 aromatic rings. The molecule has 110 valence electrons. The van der Waals surface area contributed by atoms with Crippen LogP contribution < -0.4 is 0 Å². The van der Waals surface area contributed by atoms with Crippen molar-refractivity contribution >= 4 is 16.6 Å². The SMILES string of the molecule is Cc1c([N+](=O)[O-])ccc2c1-c1cc3ccccc3n1CCC2. The topological polar surface area (TPSA) is 48.1 Å². The van der Waals surface area contributed by atoms with Gasteiger partial charge in [-0.25, -0.2) is 0 Å². The van der Waals surface area contributed by atoms with Crippen LogP contribution in [0.1, 0.15) is 17.5 Å². The van der Waals surface area contributed by atoms with Gasteiger partial charge in [-0.15, -0.1) is 0 Å². The molecule has 0 amide bonds. The van der Waals surface area contributed by atoms with Crippen molar-refractivity contribution in [1.29, 1.82) is 0 Å². The molecule has 2 heterocycles. The predicted octanol–water partition coefficient (Wildman–Crippen LogP) is 4.47. The molecule has 1 aromatic heterocycles. The molecule has 0 aliphatic carbocycles. The standard InChI is InChI=1S/C18H16N2O2/c1-12-15(20(21)22)9-8-13-6-4-10-19-16-7-3-2-5-14(16)11-17(19)18(12)13/h2-3,5,7-9,11H,4,6,10H2,1H3. The van der Waals surface area contributed by atoms with Crippen LogP contribution in [0.3, 0.4) is 0 Å². The Morgan fingerprint density at radius 3 is 2.82 bits per heavy atom. The van der Waals surface area contributed by atoms with Crippen molar-refractivity contribution in [1.82, 2.24) is 4.57 Å². The lowest BCUT2D eigenvalue weighted by Gasteiger charge is -2.11. The highest BCUT2D eigenvalue weighted by atomic mass is 16.6. The molecule has 0 radical (unpaired) electrons. The number of benzene rings is 2. The van der Waals surface area contributed by atoms with E-state index in [2.05, 4.69) is 22.8 Å². The van der Waals surface area contributed by atoms with Gasteiger partial charge >= 0.3 is 0 Å². The maximum absolute atomic E-state index is 11.3. The third kappa shape index (κ3) is 1.77. The van der Waals surface area contributed by atoms with Crippen LogP contribution in [0.2, 0.25) is 0 Å². The Morgan fingerprint density at radius 2 is 2.00 bits per heavy atom. The highest BCUT2D eigenvalue weighted by molar-refractivity contribution is 5.89. The van der Waals surface area contributed by atoms with Crippen LogP contribution >= 0.6 is 0 Å². The van der Waals surface area contributed by atoms with E-state index < -0.39 is 0 Å². The van der Waals surface area contributed by atoms with E-state index in [0.717, 1.165) is 36.2 Å². The van der Waals surface area contributed by atoms with E-state index in [-0.39, 0.29) is 10.6 Å². The second-order valence-electron chi connectivity index (χ2n) is 5.84. The molecule has 1 aliphatic rings. The van der Waals surface area contributed by atoms with Crippen LogP contribution in [0.4, 0.5) is 5.69 Å². The van der Waals surface area contributed by atoms with Crippen molar-refractivity contribution in [2.75, 3.05) is 0 Å². The summed E-state index contributed by atoms with van der Waals surface area (Å²) in [6.45, 7) is 2.81. The van der Waals surface area contributed by atoms with Gasteiger partial charge in [0.05, 0.1) is 4.92 Å². The zero-order chi connectivity index (χ0) is 15.3. The van der Waals surface area contributed by atoms with Crippen molar-refractivity contribution in [2.24, 2.45) is 0 Å². The molecule has 4 heteroatoms. The molecule has 0 spiro atoms. The zero-order valence-electron chi connectivity index (χ0n) is 12.4. The number of aromatic nitrogens is 1. The second kappa shape index (κ2) is 4.70. The summed E-state index contributed by atoms with van der Waals surface area (Å²) in [5.41, 5.74) is 5.55. The number of nitrogens with zero attached hydrogens (tertiary/aromatic N) is 2. The zero-order valence-corrected chi connectivity index (χ0v) is 12.4. The van der Waals surface area contributed by atoms with Crippen LogP contribution in [0.15, 0.2) is 42.5 Å². The van der Waals surface area contributed by atoms with E-state index in [9.17, 15) is 10.1 Å². The van der Waals surface area contributed by atoms with Crippen molar-refractivity contribution in [2.45, 2.75) is 26.3 Å². The minimum Gasteiger partial charge on any atom is -0.340 e. The predicted molar refractivity (Wildman–Crippen MR) is 87.1 cm³/mol. The summed E-state index contributed by atoms with van der Waals surface area (Å²) in [7, 11) is 0. The Morgan fingerprint density at radius 1 is 1.18 bits per heavy atom. The van der Waals surface area contributed by atoms with Crippen LogP contribution in [-0.4, -0.2) is 9.49 Å². The molecule has 4 rings (SSSR count). The van der Waals surface area contributed by atoms with Gasteiger partial charge in [-0.1, -0.05) is 24.3 Å². The fourth-order valence-corrected chi connectivity index (χ4v) is 3.61. The van der Waals surface area contributed by atoms with Crippen molar-refractivity contribution in [3.8, 4) is 11.3 Å². The third-order valence-corrected chi connectivity index (χ3v) is 4.61. The second-order valence-corrected chi connectivity index (χ2v) is 5.84. The fourth-order valence-electron chi connectivity index (χ4n) is 3.61. The van der Waals surface area contributed by atoms with Gasteiger partial charge in [0.25, 0.3) is 5.69 Å². The first-order valence-corrected chi connectivity index (χ1v) is 7.52. The molecule has 0 saturated heterocycles. The van der Waals surface area contributed by atoms with Gasteiger partial charge in [0.15, 0.2) is 0 Å². The Bertz CT molecular complexity index is 909. The first kappa shape index (κ1) is 13.1. The quantitative estimate of drug-likeness (QED) is 0.490. The van der Waals surface area contributed by atoms with E-state index in [1.54, 1.807) is 6.07 Å². The summed E-state index contributed by atoms with van der Waals surface area (Å²) in [6, 6.07) is 14.0. The van der Waals surface area contributed by atoms with E-state index >= 15 is 0 Å². The van der Waals surface area contributed by atoms with Gasteiger partial charge in [-0.05, 0) is 37.5 Å². The number of nitro benzene ring substituents is 1. The van der Waals surface area contributed by atoms with Gasteiger partial charge in [0.2, 0.25) is 0 Å². The number of rotatable bonds is 1. The van der Waals surface area contributed by atoms with Crippen molar-refractivity contribution in [3.63, 3.8) is 0 Å². The summed E-state index contributed by atoms with van der Waals surface area (Å²) in [5, 5.41) is 12.5. The monoisotopic (exact) mass is 292 g/mol. The van der Waals surface area contributed by atoms with Gasteiger partial charge in [-0.3, -0.25) is 10.1 Å². The maximum Gasteiger partial charge on any atom is 0.272 e. The molecule has 0 fully saturated rings. The van der Waals surface area contributed by atoms with Crippen LogP contribution in [0, 0.1) is 17.0 Å². The summed E-state index contributed by atoms with van der Waals surface area (Å²) < 4.78 is 2.30. The fraction of sp³-hybridized carbons (Fsp3) is 0.222. The number of aryl methyl sites for hydroxylation is 2. The summed E-state index contributed by atoms with van der Waals surface area (Å²) in [6.07, 6.45) is 2.01. The first-order valence-electron chi connectivity index (χ1n) is 7.52. The van der Waals surface area contributed by atoms with E-state index in [1.807, 2.05) is 25.1 Å². The number of hydrogen-bond acceptors (Lipinski definition) is 2. The Labute approximate surface area is 128 Å². The van der Waals surface area contributed by atoms with Crippen LogP contribution in [-0.2, 0) is 13.0 Å². The average molecular weight is 292 g/mol. The lowest BCUT2D eigenvalue weighted by molar-refractivity contribution is -0.385. The Kier molecular flexibility index (Phi) is 2.79. The Hall–Kier alpha value is -2.62. The highest BCUT2D eigenvalue weighted by Crippen LogP contribution is 2.39. The largest absolute Gasteiger partial charge is 0.340 e. The number of fused-ring (bicyclic) bond motifs is 5. The minimum absolute atomic E-state index is 0.206. The smallest absolute Gasteiger partial charge is 0.272 e. The molecule has 0 N–H and O–H groups in total. The molecule has 22 heavy (non-hydrogen) atoms. The van der Waals surface area contributed by atoms with Gasteiger partial charge < -0.3 is 4.57 Å². The molecule has 2 aromatic carbocycles. The van der Waals surface area contributed by atoms with Crippen LogP contribution in [0.25, 0.3) is 22.2 Å². The molecule has 0 saturated carbocycles. The lowest BCUT2D eigenvalue weighted by atomic mass is 9.95. The molecule has 4 nitrogen and oxygen atoms in total. The molecular formula is C18H16N2O2. The van der Waals surface area contributed by atoms with Gasteiger partial charge in [0.1, 0.15) is 0 Å². The van der Waals surface area contributed by atoms with E-state index in [1.165, 1.54) is 16.5 Å². The summed E-state index contributed by atoms with van der Waals surface area (Å²) >= 11 is 0. The minimum atomic E-state index is -0.284. The maximum atomic E-state index is 11.3. The number of hydrogen-bond donors (Lipinski definition) is 0. The number of para-hydroxylation sites is 1. The van der Waals surface area contributed by atoms with E-state index in [0.29, 0.717) is 0 Å². The van der Waals surface area contributed by atoms with E-state index in [4.69, 9.17) is 0 Å². The van der Waals surface area contributed by atoms with Crippen molar-refractivity contribution in [3.05, 3.63) is 63.7 Å². The summed E-state index contributed by atoms with van der Waals surface area (Å²) in [5.74, 6) is 0. The summed E-state index contributed by atoms with van der Waals surface area (Å²) in [4.78, 5) is 11.0. The van der Waals surface area contributed by atoms with Crippen molar-refractivity contribution < 1.29 is 4.92 Å². The molecule has 0 atom stereocenters.